The van der Waals surface area contributed by atoms with Crippen LogP contribution in [0.25, 0.3) is 0 Å². The van der Waals surface area contributed by atoms with Crippen LogP contribution in [0, 0.1) is 5.92 Å². The molecule has 1 aromatic heterocycles. The van der Waals surface area contributed by atoms with E-state index in [1.54, 1.807) is 6.07 Å². The average molecular weight is 250 g/mol. The number of aliphatic carboxylic acids is 1. The molecule has 0 aromatic carbocycles. The Hall–Kier alpha value is -1.85. The van der Waals surface area contributed by atoms with Gasteiger partial charge in [-0.05, 0) is 18.8 Å². The second-order valence-electron chi connectivity index (χ2n) is 4.69. The van der Waals surface area contributed by atoms with Crippen molar-refractivity contribution in [3.8, 4) is 0 Å². The molecule has 2 N–H and O–H groups in total. The zero-order valence-electron chi connectivity index (χ0n) is 10.5. The second kappa shape index (κ2) is 5.66. The van der Waals surface area contributed by atoms with E-state index in [-0.39, 0.29) is 6.54 Å². The van der Waals surface area contributed by atoms with Crippen molar-refractivity contribution in [3.05, 3.63) is 12.4 Å². The van der Waals surface area contributed by atoms with Crippen molar-refractivity contribution in [1.29, 1.82) is 0 Å². The minimum absolute atomic E-state index is 0.136. The molecular formula is C12H18N4O2. The van der Waals surface area contributed by atoms with Gasteiger partial charge in [0.25, 0.3) is 0 Å². The Balaban J connectivity index is 1.94. The predicted octanol–water partition coefficient (Wildman–Crippen LogP) is 1.21. The first-order valence-electron chi connectivity index (χ1n) is 6.14. The number of carboxylic acids is 1. The number of carboxylic acid groups (broad SMARTS) is 1. The Morgan fingerprint density at radius 3 is 2.94 bits per heavy atom. The van der Waals surface area contributed by atoms with Gasteiger partial charge in [0, 0.05) is 19.7 Å². The van der Waals surface area contributed by atoms with E-state index in [9.17, 15) is 4.79 Å². The van der Waals surface area contributed by atoms with Gasteiger partial charge in [-0.25, -0.2) is 9.97 Å². The maximum absolute atomic E-state index is 10.5. The maximum Gasteiger partial charge on any atom is 0.322 e. The van der Waals surface area contributed by atoms with Crippen LogP contribution in [-0.4, -0.2) is 41.2 Å². The van der Waals surface area contributed by atoms with Crippen LogP contribution in [0.3, 0.4) is 0 Å². The Labute approximate surface area is 106 Å². The summed E-state index contributed by atoms with van der Waals surface area (Å²) in [4.78, 5) is 20.8. The summed E-state index contributed by atoms with van der Waals surface area (Å²) >= 11 is 0. The van der Waals surface area contributed by atoms with Gasteiger partial charge in [-0.15, -0.1) is 0 Å². The summed E-state index contributed by atoms with van der Waals surface area (Å²) in [6.45, 7) is 0.859. The summed E-state index contributed by atoms with van der Waals surface area (Å²) in [6, 6.07) is 1.78. The lowest BCUT2D eigenvalue weighted by molar-refractivity contribution is -0.134. The van der Waals surface area contributed by atoms with Gasteiger partial charge in [-0.3, -0.25) is 4.79 Å². The lowest BCUT2D eigenvalue weighted by Gasteiger charge is -2.30. The third-order valence-electron chi connectivity index (χ3n) is 3.22. The average Bonchev–Trinajstić information content (AvgIpc) is 2.31. The van der Waals surface area contributed by atoms with Gasteiger partial charge in [0.1, 0.15) is 24.5 Å². The molecular weight excluding hydrogens is 232 g/mol. The van der Waals surface area contributed by atoms with E-state index in [1.165, 1.54) is 25.6 Å². The molecule has 1 aliphatic carbocycles. The molecule has 0 unspecified atom stereocenters. The highest BCUT2D eigenvalue weighted by Crippen LogP contribution is 2.28. The zero-order valence-corrected chi connectivity index (χ0v) is 10.5. The van der Waals surface area contributed by atoms with E-state index in [2.05, 4.69) is 20.2 Å². The summed E-state index contributed by atoms with van der Waals surface area (Å²) in [5, 5.41) is 11.3. The summed E-state index contributed by atoms with van der Waals surface area (Å²) in [5.74, 6) is 1.23. The molecule has 0 radical (unpaired) electrons. The molecule has 18 heavy (non-hydrogen) atoms. The molecule has 6 heteroatoms. The number of carbonyl (C=O) groups is 1. The van der Waals surface area contributed by atoms with Crippen LogP contribution in [0.1, 0.15) is 19.3 Å². The molecule has 1 aromatic rings. The van der Waals surface area contributed by atoms with Gasteiger partial charge >= 0.3 is 5.97 Å². The Kier molecular flexibility index (Phi) is 3.96. The fourth-order valence-corrected chi connectivity index (χ4v) is 1.97. The highest BCUT2D eigenvalue weighted by atomic mass is 16.4. The number of nitrogens with zero attached hydrogens (tertiary/aromatic N) is 3. The van der Waals surface area contributed by atoms with E-state index in [1.807, 2.05) is 7.05 Å². The molecule has 1 aliphatic rings. The molecule has 0 atom stereocenters. The quantitative estimate of drug-likeness (QED) is 0.790. The van der Waals surface area contributed by atoms with E-state index in [0.29, 0.717) is 5.82 Å². The topological polar surface area (TPSA) is 78.4 Å². The SMILES string of the molecule is CN(CC1CCC1)c1cc(NCC(=O)O)ncn1. The van der Waals surface area contributed by atoms with Crippen molar-refractivity contribution in [1.82, 2.24) is 9.97 Å². The maximum atomic E-state index is 10.5. The molecule has 1 fully saturated rings. The number of hydrogen-bond acceptors (Lipinski definition) is 5. The Bertz CT molecular complexity index is 420. The molecule has 0 aliphatic heterocycles. The molecule has 1 heterocycles. The van der Waals surface area contributed by atoms with Crippen molar-refractivity contribution in [2.24, 2.45) is 5.92 Å². The number of hydrogen-bond donors (Lipinski definition) is 2. The van der Waals surface area contributed by atoms with Crippen molar-refractivity contribution >= 4 is 17.6 Å². The normalized spacial score (nSPS) is 14.9. The van der Waals surface area contributed by atoms with Gasteiger partial charge in [0.2, 0.25) is 0 Å². The molecule has 0 amide bonds. The monoisotopic (exact) mass is 250 g/mol. The second-order valence-corrected chi connectivity index (χ2v) is 4.69. The Morgan fingerprint density at radius 1 is 1.56 bits per heavy atom. The van der Waals surface area contributed by atoms with Crippen molar-refractivity contribution in [2.75, 3.05) is 30.4 Å². The molecule has 0 bridgehead atoms. The van der Waals surface area contributed by atoms with Gasteiger partial charge in [0.15, 0.2) is 0 Å². The first-order valence-corrected chi connectivity index (χ1v) is 6.14. The standard InChI is InChI=1S/C12H18N4O2/c1-16(7-9-3-2-4-9)11-5-10(14-8-15-11)13-6-12(17)18/h5,8-9H,2-4,6-7H2,1H3,(H,17,18)(H,13,14,15). The van der Waals surface area contributed by atoms with Gasteiger partial charge < -0.3 is 15.3 Å². The van der Waals surface area contributed by atoms with E-state index in [4.69, 9.17) is 5.11 Å². The molecule has 6 nitrogen and oxygen atoms in total. The minimum Gasteiger partial charge on any atom is -0.480 e. The van der Waals surface area contributed by atoms with Crippen LogP contribution in [0.15, 0.2) is 12.4 Å². The van der Waals surface area contributed by atoms with Crippen LogP contribution in [0.4, 0.5) is 11.6 Å². The molecule has 2 rings (SSSR count). The third-order valence-corrected chi connectivity index (χ3v) is 3.22. The summed E-state index contributed by atoms with van der Waals surface area (Å²) in [6.07, 6.45) is 5.36. The largest absolute Gasteiger partial charge is 0.480 e. The first kappa shape index (κ1) is 12.6. The van der Waals surface area contributed by atoms with Crippen LogP contribution in [0.5, 0.6) is 0 Å². The summed E-state index contributed by atoms with van der Waals surface area (Å²) < 4.78 is 0. The minimum atomic E-state index is -0.905. The van der Waals surface area contributed by atoms with E-state index >= 15 is 0 Å². The van der Waals surface area contributed by atoms with E-state index in [0.717, 1.165) is 18.3 Å². The van der Waals surface area contributed by atoms with Crippen LogP contribution < -0.4 is 10.2 Å². The molecule has 1 saturated carbocycles. The number of anilines is 2. The number of nitrogens with one attached hydrogen (secondary N) is 1. The number of rotatable bonds is 6. The van der Waals surface area contributed by atoms with Gasteiger partial charge in [-0.2, -0.15) is 0 Å². The van der Waals surface area contributed by atoms with Crippen molar-refractivity contribution in [3.63, 3.8) is 0 Å². The smallest absolute Gasteiger partial charge is 0.322 e. The Morgan fingerprint density at radius 2 is 2.33 bits per heavy atom. The van der Waals surface area contributed by atoms with Gasteiger partial charge in [0.05, 0.1) is 0 Å². The lowest BCUT2D eigenvalue weighted by atomic mass is 9.85. The first-order chi connectivity index (χ1) is 8.65. The van der Waals surface area contributed by atoms with Gasteiger partial charge in [-0.1, -0.05) is 6.42 Å². The van der Waals surface area contributed by atoms with E-state index < -0.39 is 5.97 Å². The fraction of sp³-hybridized carbons (Fsp3) is 0.583. The molecule has 0 saturated heterocycles. The molecule has 0 spiro atoms. The third kappa shape index (κ3) is 3.32. The van der Waals surface area contributed by atoms with Crippen molar-refractivity contribution in [2.45, 2.75) is 19.3 Å². The lowest BCUT2D eigenvalue weighted by Crippen LogP contribution is -2.30. The summed E-state index contributed by atoms with van der Waals surface area (Å²) in [7, 11) is 2.00. The molecule has 98 valence electrons. The van der Waals surface area contributed by atoms with Crippen LogP contribution >= 0.6 is 0 Å². The summed E-state index contributed by atoms with van der Waals surface area (Å²) in [5.41, 5.74) is 0. The predicted molar refractivity (Wildman–Crippen MR) is 68.8 cm³/mol. The number of aromatic nitrogens is 2. The van der Waals surface area contributed by atoms with Crippen LogP contribution in [0.2, 0.25) is 0 Å². The highest BCUT2D eigenvalue weighted by Gasteiger charge is 2.19. The van der Waals surface area contributed by atoms with Crippen LogP contribution in [-0.2, 0) is 4.79 Å². The highest BCUT2D eigenvalue weighted by molar-refractivity contribution is 5.72. The zero-order chi connectivity index (χ0) is 13.0. The fourth-order valence-electron chi connectivity index (χ4n) is 1.97. The van der Waals surface area contributed by atoms with Crippen molar-refractivity contribution < 1.29 is 9.90 Å².